The highest BCUT2D eigenvalue weighted by atomic mass is 32.1. The molecule has 0 unspecified atom stereocenters. The first-order valence-electron chi connectivity index (χ1n) is 13.9. The Labute approximate surface area is 237 Å². The predicted octanol–water partition coefficient (Wildman–Crippen LogP) is 6.70. The lowest BCUT2D eigenvalue weighted by Gasteiger charge is -2.56. The van der Waals surface area contributed by atoms with Crippen LogP contribution in [0.1, 0.15) is 65.1 Å². The molecule has 0 radical (unpaired) electrons. The molecule has 0 atom stereocenters. The van der Waals surface area contributed by atoms with Gasteiger partial charge < -0.3 is 9.47 Å². The molecule has 40 heavy (non-hydrogen) atoms. The van der Waals surface area contributed by atoms with E-state index in [4.69, 9.17) is 19.6 Å². The van der Waals surface area contributed by atoms with E-state index in [1.165, 1.54) is 63.1 Å². The third-order valence-electron chi connectivity index (χ3n) is 9.15. The number of ether oxygens (including phenoxy) is 2. The summed E-state index contributed by atoms with van der Waals surface area (Å²) in [5.74, 6) is 1.32. The first-order chi connectivity index (χ1) is 19.5. The van der Waals surface area contributed by atoms with Crippen LogP contribution in [0.15, 0.2) is 60.0 Å². The number of esters is 2. The monoisotopic (exact) mass is 553 g/mol. The van der Waals surface area contributed by atoms with Gasteiger partial charge in [-0.2, -0.15) is 5.10 Å². The van der Waals surface area contributed by atoms with Gasteiger partial charge in [0.05, 0.1) is 25.6 Å². The van der Waals surface area contributed by atoms with Gasteiger partial charge >= 0.3 is 11.9 Å². The average molecular weight is 554 g/mol. The van der Waals surface area contributed by atoms with Gasteiger partial charge in [-0.25, -0.2) is 19.3 Å². The number of rotatable bonds is 6. The number of methoxy groups -OCH3 is 2. The topological polar surface area (TPSA) is 83.3 Å². The van der Waals surface area contributed by atoms with Crippen LogP contribution in [0.3, 0.4) is 0 Å². The molecule has 4 aliphatic carbocycles. The lowest BCUT2D eigenvalue weighted by molar-refractivity contribution is -0.00689. The molecule has 0 saturated heterocycles. The van der Waals surface area contributed by atoms with Crippen LogP contribution in [0, 0.1) is 17.8 Å². The van der Waals surface area contributed by atoms with Crippen LogP contribution in [0.4, 0.5) is 0 Å². The highest BCUT2D eigenvalue weighted by Gasteiger charge is 2.52. The Morgan fingerprint density at radius 3 is 2.05 bits per heavy atom. The Balaban J connectivity index is 1.24. The maximum Gasteiger partial charge on any atom is 0.357 e. The lowest BCUT2D eigenvalue weighted by Crippen LogP contribution is -2.48. The van der Waals surface area contributed by atoms with Gasteiger partial charge in [-0.3, -0.25) is 0 Å². The quantitative estimate of drug-likeness (QED) is 0.247. The van der Waals surface area contributed by atoms with Gasteiger partial charge in [0, 0.05) is 21.9 Å². The fourth-order valence-corrected chi connectivity index (χ4v) is 8.75. The normalized spacial score (nSPS) is 24.7. The fraction of sp³-hybridized carbons (Fsp3) is 0.375. The second-order valence-corrected chi connectivity index (χ2v) is 12.5. The largest absolute Gasteiger partial charge is 0.465 e. The second-order valence-electron chi connectivity index (χ2n) is 11.6. The minimum atomic E-state index is -0.667. The van der Waals surface area contributed by atoms with E-state index in [1.807, 2.05) is 54.6 Å². The number of hydrogen-bond donors (Lipinski definition) is 0. The van der Waals surface area contributed by atoms with Crippen molar-refractivity contribution < 1.29 is 19.1 Å². The van der Waals surface area contributed by atoms with Crippen LogP contribution >= 0.6 is 11.3 Å². The third-order valence-corrected chi connectivity index (χ3v) is 10.0. The lowest BCUT2D eigenvalue weighted by atomic mass is 9.49. The molecule has 0 spiro atoms. The standard InChI is InChI=1S/C32H31N3O4S/c1-38-30(36)26-27(34-35(28(26)31(37)39-2)24-6-4-3-5-7-24)22-8-10-23(11-9-22)29-33-25(18-40-29)32-15-19-12-20(16-32)14-21(13-19)17-32/h3-11,18-21H,12-17H2,1-2H3. The van der Waals surface area contributed by atoms with Gasteiger partial charge in [0.1, 0.15) is 16.3 Å². The van der Waals surface area contributed by atoms with E-state index in [0.29, 0.717) is 16.9 Å². The minimum Gasteiger partial charge on any atom is -0.465 e. The van der Waals surface area contributed by atoms with Crippen molar-refractivity contribution in [3.8, 4) is 27.5 Å². The van der Waals surface area contributed by atoms with Crippen molar-refractivity contribution in [2.24, 2.45) is 17.8 Å². The molecule has 2 aromatic heterocycles. The van der Waals surface area contributed by atoms with Crippen LogP contribution in [-0.2, 0) is 14.9 Å². The molecule has 7 nitrogen and oxygen atoms in total. The Morgan fingerprint density at radius 1 is 0.850 bits per heavy atom. The van der Waals surface area contributed by atoms with E-state index in [0.717, 1.165) is 28.3 Å². The van der Waals surface area contributed by atoms with E-state index in [9.17, 15) is 9.59 Å². The van der Waals surface area contributed by atoms with Gasteiger partial charge in [-0.1, -0.05) is 42.5 Å². The van der Waals surface area contributed by atoms with E-state index in [-0.39, 0.29) is 16.7 Å². The van der Waals surface area contributed by atoms with Gasteiger partial charge in [-0.05, 0) is 68.4 Å². The van der Waals surface area contributed by atoms with E-state index >= 15 is 0 Å². The highest BCUT2D eigenvalue weighted by molar-refractivity contribution is 7.13. The summed E-state index contributed by atoms with van der Waals surface area (Å²) in [7, 11) is 2.58. The first-order valence-corrected chi connectivity index (χ1v) is 14.8. The van der Waals surface area contributed by atoms with Crippen LogP contribution in [0.25, 0.3) is 27.5 Å². The number of hydrogen-bond acceptors (Lipinski definition) is 7. The third kappa shape index (κ3) is 4.08. The Hall–Kier alpha value is -3.78. The van der Waals surface area contributed by atoms with Gasteiger partial charge in [0.25, 0.3) is 0 Å². The maximum atomic E-state index is 13.0. The number of aromatic nitrogens is 3. The zero-order valence-corrected chi connectivity index (χ0v) is 23.4. The molecule has 8 heteroatoms. The van der Waals surface area contributed by atoms with Crippen LogP contribution in [-0.4, -0.2) is 40.9 Å². The molecule has 0 amide bonds. The van der Waals surface area contributed by atoms with Gasteiger partial charge in [-0.15, -0.1) is 11.3 Å². The number of thiazole rings is 1. The molecule has 0 N–H and O–H groups in total. The number of carbonyl (C=O) groups excluding carboxylic acids is 2. The summed E-state index contributed by atoms with van der Waals surface area (Å²) in [5.41, 5.74) is 4.37. The Kier molecular flexibility index (Phi) is 6.11. The van der Waals surface area contributed by atoms with Crippen molar-refractivity contribution in [1.29, 1.82) is 0 Å². The minimum absolute atomic E-state index is 0.0276. The zero-order valence-electron chi connectivity index (χ0n) is 22.6. The van der Waals surface area contributed by atoms with E-state index in [2.05, 4.69) is 5.38 Å². The highest BCUT2D eigenvalue weighted by Crippen LogP contribution is 2.60. The molecule has 2 aromatic carbocycles. The summed E-state index contributed by atoms with van der Waals surface area (Å²) in [4.78, 5) is 31.0. The zero-order chi connectivity index (χ0) is 27.4. The molecule has 4 fully saturated rings. The molecular formula is C32H31N3O4S. The molecule has 0 aliphatic heterocycles. The number of carbonyl (C=O) groups is 2. The molecule has 2 heterocycles. The molecular weight excluding hydrogens is 522 g/mol. The fourth-order valence-electron chi connectivity index (χ4n) is 7.80. The Morgan fingerprint density at radius 2 is 1.45 bits per heavy atom. The molecule has 4 aromatic rings. The summed E-state index contributed by atoms with van der Waals surface area (Å²) in [5, 5.41) is 8.00. The average Bonchev–Trinajstić information content (AvgIpc) is 3.63. The summed E-state index contributed by atoms with van der Waals surface area (Å²) in [6, 6.07) is 17.1. The van der Waals surface area contributed by atoms with E-state index in [1.54, 1.807) is 11.3 Å². The van der Waals surface area contributed by atoms with Crippen LogP contribution in [0.2, 0.25) is 0 Å². The number of nitrogens with zero attached hydrogens (tertiary/aromatic N) is 3. The van der Waals surface area contributed by atoms with Crippen LogP contribution < -0.4 is 0 Å². The first kappa shape index (κ1) is 25.2. The number of para-hydroxylation sites is 1. The van der Waals surface area contributed by atoms with Crippen molar-refractivity contribution in [3.05, 3.63) is 76.9 Å². The summed E-state index contributed by atoms with van der Waals surface area (Å²) >= 11 is 1.71. The SMILES string of the molecule is COC(=O)c1c(-c2ccc(-c3nc(C45CC6CC(CC(C6)C4)C5)cs3)cc2)nn(-c2ccccc2)c1C(=O)OC. The maximum absolute atomic E-state index is 13.0. The van der Waals surface area contributed by atoms with Crippen molar-refractivity contribution in [2.45, 2.75) is 43.9 Å². The summed E-state index contributed by atoms with van der Waals surface area (Å²) < 4.78 is 11.6. The molecule has 204 valence electrons. The molecule has 8 rings (SSSR count). The predicted molar refractivity (Wildman–Crippen MR) is 153 cm³/mol. The van der Waals surface area contributed by atoms with Crippen molar-refractivity contribution in [1.82, 2.24) is 14.8 Å². The molecule has 4 saturated carbocycles. The smallest absolute Gasteiger partial charge is 0.357 e. The van der Waals surface area contributed by atoms with Crippen LogP contribution in [0.5, 0.6) is 0 Å². The Bertz CT molecular complexity index is 1550. The molecule has 4 bridgehead atoms. The number of benzene rings is 2. The molecule has 4 aliphatic rings. The van der Waals surface area contributed by atoms with Crippen molar-refractivity contribution >= 4 is 23.3 Å². The second kappa shape index (κ2) is 9.70. The summed E-state index contributed by atoms with van der Waals surface area (Å²) in [6.45, 7) is 0. The summed E-state index contributed by atoms with van der Waals surface area (Å²) in [6.07, 6.45) is 8.15. The van der Waals surface area contributed by atoms with Gasteiger partial charge in [0.2, 0.25) is 0 Å². The van der Waals surface area contributed by atoms with Crippen molar-refractivity contribution in [2.75, 3.05) is 14.2 Å². The van der Waals surface area contributed by atoms with Gasteiger partial charge in [0.15, 0.2) is 5.69 Å². The van der Waals surface area contributed by atoms with E-state index < -0.39 is 11.9 Å². The van der Waals surface area contributed by atoms with Crippen molar-refractivity contribution in [3.63, 3.8) is 0 Å².